The van der Waals surface area contributed by atoms with E-state index in [1.165, 1.54) is 37.2 Å². The van der Waals surface area contributed by atoms with E-state index in [0.29, 0.717) is 0 Å². The lowest BCUT2D eigenvalue weighted by Crippen LogP contribution is -2.56. The summed E-state index contributed by atoms with van der Waals surface area (Å²) in [5.74, 6) is -1.84. The molecule has 8 nitrogen and oxygen atoms in total. The van der Waals surface area contributed by atoms with Crippen LogP contribution < -0.4 is 9.62 Å². The van der Waals surface area contributed by atoms with E-state index in [-0.39, 0.29) is 24.6 Å². The van der Waals surface area contributed by atoms with Crippen molar-refractivity contribution >= 4 is 43.6 Å². The van der Waals surface area contributed by atoms with Gasteiger partial charge in [0, 0.05) is 37.1 Å². The number of amides is 2. The fraction of sp³-hybridized carbons (Fsp3) is 0.333. The molecule has 0 saturated carbocycles. The molecule has 0 saturated heterocycles. The molecule has 220 valence electrons. The SMILES string of the molecule is CN(C)S(=O)(=O)N(CC(=O)N(Cc1ccc(Br)cc1)[C@@H](Cc1ccccc1)C(=O)NC(C)(C)C)c1ccccc1F. The number of rotatable bonds is 11. The maximum absolute atomic E-state index is 14.9. The van der Waals surface area contributed by atoms with E-state index in [1.807, 2.05) is 75.4 Å². The molecule has 0 spiro atoms. The molecule has 0 bridgehead atoms. The highest BCUT2D eigenvalue weighted by atomic mass is 79.9. The molecular weight excluding hydrogens is 611 g/mol. The molecule has 11 heteroatoms. The molecule has 3 rings (SSSR count). The maximum atomic E-state index is 14.9. The molecule has 0 aliphatic heterocycles. The smallest absolute Gasteiger partial charge is 0.304 e. The molecule has 3 aromatic rings. The lowest BCUT2D eigenvalue weighted by molar-refractivity contribution is -0.140. The fourth-order valence-corrected chi connectivity index (χ4v) is 5.48. The summed E-state index contributed by atoms with van der Waals surface area (Å²) in [4.78, 5) is 29.3. The van der Waals surface area contributed by atoms with Crippen LogP contribution in [-0.2, 0) is 32.8 Å². The Morgan fingerprint density at radius 3 is 2.05 bits per heavy atom. The monoisotopic (exact) mass is 646 g/mol. The van der Waals surface area contributed by atoms with E-state index in [2.05, 4.69) is 21.2 Å². The van der Waals surface area contributed by atoms with Gasteiger partial charge in [-0.3, -0.25) is 9.59 Å². The summed E-state index contributed by atoms with van der Waals surface area (Å²) >= 11 is 3.41. The second-order valence-corrected chi connectivity index (χ2v) is 13.8. The minimum absolute atomic E-state index is 0.0221. The Labute approximate surface area is 250 Å². The van der Waals surface area contributed by atoms with Crippen molar-refractivity contribution < 1.29 is 22.4 Å². The van der Waals surface area contributed by atoms with Crippen LogP contribution in [0.4, 0.5) is 10.1 Å². The predicted octanol–water partition coefficient (Wildman–Crippen LogP) is 4.76. The van der Waals surface area contributed by atoms with Crippen LogP contribution in [0.5, 0.6) is 0 Å². The Morgan fingerprint density at radius 1 is 0.902 bits per heavy atom. The van der Waals surface area contributed by atoms with Gasteiger partial charge in [-0.1, -0.05) is 70.5 Å². The van der Waals surface area contributed by atoms with Crippen LogP contribution in [0.25, 0.3) is 0 Å². The molecule has 0 aromatic heterocycles. The molecule has 1 atom stereocenters. The summed E-state index contributed by atoms with van der Waals surface area (Å²) < 4.78 is 44.1. The third-order valence-corrected chi connectivity index (χ3v) is 8.51. The van der Waals surface area contributed by atoms with Gasteiger partial charge in [0.1, 0.15) is 18.4 Å². The number of nitrogens with zero attached hydrogens (tertiary/aromatic N) is 3. The molecule has 0 radical (unpaired) electrons. The fourth-order valence-electron chi connectivity index (χ4n) is 4.15. The first kappa shape index (κ1) is 32.2. The predicted molar refractivity (Wildman–Crippen MR) is 163 cm³/mol. The van der Waals surface area contributed by atoms with Gasteiger partial charge in [-0.15, -0.1) is 0 Å². The molecule has 0 fully saturated rings. The Bertz CT molecular complexity index is 1450. The van der Waals surface area contributed by atoms with E-state index < -0.39 is 40.1 Å². The Balaban J connectivity index is 2.12. The zero-order valence-electron chi connectivity index (χ0n) is 23.8. The Hall–Kier alpha value is -3.28. The number of anilines is 1. The number of benzene rings is 3. The summed E-state index contributed by atoms with van der Waals surface area (Å²) in [5.41, 5.74) is 0.696. The van der Waals surface area contributed by atoms with E-state index in [9.17, 15) is 22.4 Å². The van der Waals surface area contributed by atoms with Gasteiger partial charge >= 0.3 is 10.2 Å². The first-order valence-corrected chi connectivity index (χ1v) is 15.2. The number of hydrogen-bond donors (Lipinski definition) is 1. The van der Waals surface area contributed by atoms with Crippen molar-refractivity contribution in [3.63, 3.8) is 0 Å². The van der Waals surface area contributed by atoms with Gasteiger partial charge < -0.3 is 10.2 Å². The molecule has 0 aliphatic carbocycles. The number of hydrogen-bond acceptors (Lipinski definition) is 4. The maximum Gasteiger partial charge on any atom is 0.304 e. The molecule has 3 aromatic carbocycles. The lowest BCUT2D eigenvalue weighted by atomic mass is 10.0. The van der Waals surface area contributed by atoms with Gasteiger partial charge in [-0.2, -0.15) is 12.7 Å². The van der Waals surface area contributed by atoms with Crippen LogP contribution in [0.2, 0.25) is 0 Å². The molecule has 1 N–H and O–H groups in total. The van der Waals surface area contributed by atoms with Crippen LogP contribution >= 0.6 is 15.9 Å². The first-order chi connectivity index (χ1) is 19.2. The van der Waals surface area contributed by atoms with Crippen molar-refractivity contribution in [3.05, 3.63) is 100 Å². The third-order valence-electron chi connectivity index (χ3n) is 6.18. The van der Waals surface area contributed by atoms with E-state index in [4.69, 9.17) is 0 Å². The van der Waals surface area contributed by atoms with Crippen molar-refractivity contribution in [2.24, 2.45) is 0 Å². The van der Waals surface area contributed by atoms with E-state index >= 15 is 0 Å². The topological polar surface area (TPSA) is 90.0 Å². The van der Waals surface area contributed by atoms with Crippen LogP contribution in [0.1, 0.15) is 31.9 Å². The highest BCUT2D eigenvalue weighted by Crippen LogP contribution is 2.25. The number of halogens is 2. The number of nitrogens with one attached hydrogen (secondary N) is 1. The van der Waals surface area contributed by atoms with Crippen molar-refractivity contribution in [2.75, 3.05) is 24.9 Å². The number of carbonyl (C=O) groups excluding carboxylic acids is 2. The normalized spacial score (nSPS) is 12.6. The Kier molecular flexibility index (Phi) is 10.7. The minimum atomic E-state index is -4.28. The second kappa shape index (κ2) is 13.6. The van der Waals surface area contributed by atoms with Crippen LogP contribution in [0, 0.1) is 5.82 Å². The summed E-state index contributed by atoms with van der Waals surface area (Å²) in [6.07, 6.45) is 0.186. The number of para-hydroxylation sites is 1. The van der Waals surface area contributed by atoms with Gasteiger partial charge in [0.2, 0.25) is 11.8 Å². The first-order valence-electron chi connectivity index (χ1n) is 13.0. The summed E-state index contributed by atoms with van der Waals surface area (Å²) in [6, 6.07) is 20.9. The molecule has 0 aliphatic rings. The van der Waals surface area contributed by atoms with Crippen molar-refractivity contribution in [3.8, 4) is 0 Å². The van der Waals surface area contributed by atoms with Gasteiger partial charge in [0.15, 0.2) is 0 Å². The van der Waals surface area contributed by atoms with Gasteiger partial charge in [0.25, 0.3) is 0 Å². The largest absolute Gasteiger partial charge is 0.350 e. The molecule has 41 heavy (non-hydrogen) atoms. The zero-order valence-corrected chi connectivity index (χ0v) is 26.2. The van der Waals surface area contributed by atoms with E-state index in [0.717, 1.165) is 30.3 Å². The Morgan fingerprint density at radius 2 is 1.49 bits per heavy atom. The quantitative estimate of drug-likeness (QED) is 0.325. The average molecular weight is 648 g/mol. The highest BCUT2D eigenvalue weighted by Gasteiger charge is 2.36. The van der Waals surface area contributed by atoms with Crippen LogP contribution in [0.15, 0.2) is 83.3 Å². The molecular formula is C30H36BrFN4O4S. The van der Waals surface area contributed by atoms with Crippen molar-refractivity contribution in [1.82, 2.24) is 14.5 Å². The van der Waals surface area contributed by atoms with Gasteiger partial charge in [-0.05, 0) is 56.2 Å². The lowest BCUT2D eigenvalue weighted by Gasteiger charge is -2.35. The zero-order chi connectivity index (χ0) is 30.4. The molecule has 0 unspecified atom stereocenters. The second-order valence-electron chi connectivity index (χ2n) is 10.8. The summed E-state index contributed by atoms with van der Waals surface area (Å²) in [5, 5.41) is 2.97. The number of carbonyl (C=O) groups is 2. The molecule has 2 amide bonds. The standard InChI is InChI=1S/C30H36BrFN4O4S/c1-30(2,3)33-29(38)27(19-22-11-7-6-8-12-22)35(20-23-15-17-24(31)18-16-23)28(37)21-36(41(39,40)34(4)5)26-14-10-9-13-25(26)32/h6-18,27H,19-21H2,1-5H3,(H,33,38)/t27-/m0/s1. The van der Waals surface area contributed by atoms with E-state index in [1.54, 1.807) is 0 Å². The summed E-state index contributed by atoms with van der Waals surface area (Å²) in [7, 11) is -1.67. The van der Waals surface area contributed by atoms with Gasteiger partial charge in [-0.25, -0.2) is 8.70 Å². The highest BCUT2D eigenvalue weighted by molar-refractivity contribution is 9.10. The summed E-state index contributed by atoms with van der Waals surface area (Å²) in [6.45, 7) is 4.83. The van der Waals surface area contributed by atoms with Crippen LogP contribution in [0.3, 0.4) is 0 Å². The third kappa shape index (κ3) is 8.85. The van der Waals surface area contributed by atoms with Crippen molar-refractivity contribution in [1.29, 1.82) is 0 Å². The average Bonchev–Trinajstić information content (AvgIpc) is 2.90. The van der Waals surface area contributed by atoms with Gasteiger partial charge in [0.05, 0.1) is 5.69 Å². The molecule has 0 heterocycles. The minimum Gasteiger partial charge on any atom is -0.350 e. The van der Waals surface area contributed by atoms with Crippen molar-refractivity contribution in [2.45, 2.75) is 45.3 Å². The van der Waals surface area contributed by atoms with Crippen LogP contribution in [-0.4, -0.2) is 61.7 Å².